The topological polar surface area (TPSA) is 202 Å². The van der Waals surface area contributed by atoms with Crippen LogP contribution in [0.1, 0.15) is 308 Å². The second-order valence-corrected chi connectivity index (χ2v) is 42.9. The highest BCUT2D eigenvalue weighted by atomic mass is 16.5. The number of fused-ring (bicyclic) bond motifs is 13. The maximum Gasteiger partial charge on any atom is 0.338 e. The van der Waals surface area contributed by atoms with E-state index in [2.05, 4.69) is 120 Å². The van der Waals surface area contributed by atoms with E-state index in [9.17, 15) is 47.9 Å². The van der Waals surface area contributed by atoms with Crippen LogP contribution in [0.2, 0.25) is 0 Å². The Balaban J connectivity index is 0.000000139. The Bertz CT molecular complexity index is 5220. The van der Waals surface area contributed by atoms with Crippen molar-refractivity contribution in [2.24, 2.45) is 116 Å². The first-order valence-corrected chi connectivity index (χ1v) is 48.1. The highest BCUT2D eigenvalue weighted by molar-refractivity contribution is 6.39. The van der Waals surface area contributed by atoms with E-state index in [1.807, 2.05) is 50.2 Å². The van der Waals surface area contributed by atoms with E-state index in [4.69, 9.17) is 9.47 Å². The Morgan fingerprint density at radius 3 is 1.21 bits per heavy atom. The van der Waals surface area contributed by atoms with Gasteiger partial charge < -0.3 is 9.47 Å². The van der Waals surface area contributed by atoms with Gasteiger partial charge in [-0.25, -0.2) is 14.5 Å². The van der Waals surface area contributed by atoms with Gasteiger partial charge in [0.15, 0.2) is 0 Å². The zero-order valence-electron chi connectivity index (χ0n) is 77.8. The number of anilines is 2. The van der Waals surface area contributed by atoms with Gasteiger partial charge in [-0.15, -0.1) is 0 Å². The van der Waals surface area contributed by atoms with Crippen LogP contribution in [0, 0.1) is 144 Å². The van der Waals surface area contributed by atoms with Gasteiger partial charge in [-0.2, -0.15) is 0 Å². The molecule has 0 aromatic heterocycles. The molecule has 19 rings (SSSR count). The zero-order chi connectivity index (χ0) is 89.7. The van der Waals surface area contributed by atoms with Crippen LogP contribution in [-0.2, 0) is 28.7 Å². The van der Waals surface area contributed by atoms with Crippen LogP contribution >= 0.6 is 0 Å². The van der Waals surface area contributed by atoms with Gasteiger partial charge in [0, 0.05) is 72.3 Å². The number of carbonyl (C=O) groups is 10. The monoisotopic (exact) mass is 1710 g/mol. The summed E-state index contributed by atoms with van der Waals surface area (Å²) < 4.78 is 12.2. The number of hydrogen-bond donors (Lipinski definition) is 0. The summed E-state index contributed by atoms with van der Waals surface area (Å²) in [5.74, 6) is 4.17. The van der Waals surface area contributed by atoms with E-state index in [1.54, 1.807) is 66.2 Å². The number of allylic oxidation sites excluding steroid dienone is 2. The average molecular weight is 1710 g/mol. The van der Waals surface area contributed by atoms with E-state index in [1.165, 1.54) is 144 Å². The standard InChI is InChI=1S/C45H60N2O6.C35H52O2.C22H14N2O4.C8H10/c1-25(2)8-7-9-26(3)35-16-17-36-31-15-12-28-22-30(18-20-44(28,4)37(31)19-21-45(35,36)5)53-43(52)27-10-13-29(14-11-27)47-38(48)24-32-33(41(47)50)23-34-39(32)42(51)46(6)40(34)49;1-23(2)8-7-9-25(4)30-16-17-31-29-15-14-27-22-28(37-33(36)26-12-10-24(3)11-13-26)18-20-34(27,5)32(29)19-21-35(30,31)6;1-11-3-5-12(6-4-11)24-21(27)15-9-7-13-17-14(20(26)23(2)19(13)25)8-10-16(18(15)17)22(24)28;1-7-3-5-8(2)6-4-7/h10-14,25-26,30-37,39H,7-9,15-24H2,1-6H3;10-14,23,25,28-32H,7-9,15-22H2,1-6H3;3-10H,1-2H3;3-6H,1-2H3. The number of amides is 8. The molecule has 9 aliphatic carbocycles. The Morgan fingerprint density at radius 2 is 0.786 bits per heavy atom. The van der Waals surface area contributed by atoms with Crippen molar-refractivity contribution < 1.29 is 57.4 Å². The number of benzene rings is 6. The smallest absolute Gasteiger partial charge is 0.338 e. The fourth-order valence-electron chi connectivity index (χ4n) is 27.7. The summed E-state index contributed by atoms with van der Waals surface area (Å²) in [6.07, 6.45) is 33.0. The predicted molar refractivity (Wildman–Crippen MR) is 494 cm³/mol. The van der Waals surface area contributed by atoms with Gasteiger partial charge in [0.05, 0.1) is 34.3 Å². The molecule has 2 saturated heterocycles. The molecule has 6 aromatic carbocycles. The molecular formula is C110H136N4O12. The summed E-state index contributed by atoms with van der Waals surface area (Å²) >= 11 is 0. The highest BCUT2D eigenvalue weighted by Gasteiger charge is 2.64. The zero-order valence-corrected chi connectivity index (χ0v) is 77.8. The molecule has 16 nitrogen and oxygen atoms in total. The van der Waals surface area contributed by atoms with Gasteiger partial charge in [-0.1, -0.05) is 202 Å². The first-order chi connectivity index (χ1) is 60.0. The molecule has 13 aliphatic rings. The number of aryl methyl sites for hydroxylation is 4. The minimum Gasteiger partial charge on any atom is -0.458 e. The van der Waals surface area contributed by atoms with Crippen LogP contribution < -0.4 is 9.80 Å². The molecule has 20 atom stereocenters. The molecule has 16 heteroatoms. The number of hydrogen-bond acceptors (Lipinski definition) is 12. The molecule has 0 bridgehead atoms. The molecule has 126 heavy (non-hydrogen) atoms. The third kappa shape index (κ3) is 16.4. The van der Waals surface area contributed by atoms with Crippen molar-refractivity contribution in [1.29, 1.82) is 0 Å². The maximum absolute atomic E-state index is 13.6. The van der Waals surface area contributed by atoms with E-state index >= 15 is 0 Å². The highest BCUT2D eigenvalue weighted by Crippen LogP contribution is 2.70. The number of ether oxygens (including phenoxy) is 2. The van der Waals surface area contributed by atoms with Crippen LogP contribution in [0.5, 0.6) is 0 Å². The normalized spacial score (nSPS) is 31.9. The quantitative estimate of drug-likeness (QED) is 0.0505. The van der Waals surface area contributed by atoms with Gasteiger partial charge in [0.1, 0.15) is 12.2 Å². The van der Waals surface area contributed by atoms with E-state index in [-0.39, 0.29) is 66.0 Å². The molecule has 0 spiro atoms. The van der Waals surface area contributed by atoms with Gasteiger partial charge in [0.2, 0.25) is 23.6 Å². The first-order valence-electron chi connectivity index (χ1n) is 48.1. The number of likely N-dealkylation sites (tertiary alicyclic amines) is 1. The lowest BCUT2D eigenvalue weighted by Gasteiger charge is -2.58. The van der Waals surface area contributed by atoms with Crippen molar-refractivity contribution in [1.82, 2.24) is 9.80 Å². The number of carbonyl (C=O) groups excluding carboxylic acids is 10. The second-order valence-electron chi connectivity index (χ2n) is 42.9. The predicted octanol–water partition coefficient (Wildman–Crippen LogP) is 23.4. The molecule has 7 saturated carbocycles. The van der Waals surface area contributed by atoms with Crippen LogP contribution in [-0.4, -0.2) is 95.3 Å². The Labute approximate surface area is 748 Å². The summed E-state index contributed by atoms with van der Waals surface area (Å²) in [4.78, 5) is 134. The third-order valence-corrected chi connectivity index (χ3v) is 34.7. The molecule has 9 fully saturated rings. The largest absolute Gasteiger partial charge is 0.458 e. The molecule has 4 heterocycles. The fraction of sp³-hybridized carbons (Fsp3) is 0.564. The van der Waals surface area contributed by atoms with Gasteiger partial charge in [-0.3, -0.25) is 53.1 Å². The second kappa shape index (κ2) is 35.5. The summed E-state index contributed by atoms with van der Waals surface area (Å²) in [5, 5.41) is 0.761. The third-order valence-electron chi connectivity index (χ3n) is 34.7. The van der Waals surface area contributed by atoms with Crippen LogP contribution in [0.25, 0.3) is 10.8 Å². The SMILES string of the molecule is CC(C)CCCC(C)C1CCC2C3CC=C4CC(OC(=O)c5ccc(N6C(=O)CC7C(CC8C(=O)N(C)C(=O)C87)C6=O)cc5)CCC4(C)C3CCC12C.Cc1ccc(C(=O)OC2CCC3(C)C(=CCC4C3CCC3(C)C(C(C)CCCC(C)C)CCC43)C2)cc1.Cc1ccc(C)cc1.Cc1ccc(N2C(=O)c3ccc4c5c(ccc(c35)C2=O)C(=O)N(C)C4=O)cc1. The molecule has 8 amide bonds. The lowest BCUT2D eigenvalue weighted by atomic mass is 9.47. The Hall–Kier alpha value is -9.44. The summed E-state index contributed by atoms with van der Waals surface area (Å²) in [5.41, 5.74) is 12.6. The van der Waals surface area contributed by atoms with E-state index in [0.717, 1.165) is 124 Å². The van der Waals surface area contributed by atoms with Crippen molar-refractivity contribution in [3.63, 3.8) is 0 Å². The van der Waals surface area contributed by atoms with Crippen LogP contribution in [0.15, 0.2) is 145 Å². The molecule has 20 unspecified atom stereocenters. The molecule has 4 aliphatic heterocycles. The Kier molecular flexibility index (Phi) is 25.4. The van der Waals surface area contributed by atoms with Crippen molar-refractivity contribution >= 4 is 81.3 Å². The Morgan fingerprint density at radius 1 is 0.397 bits per heavy atom. The molecule has 0 N–H and O–H groups in total. The van der Waals surface area contributed by atoms with E-state index in [0.29, 0.717) is 77.7 Å². The average Bonchev–Trinajstić information content (AvgIpc) is 1.49. The van der Waals surface area contributed by atoms with E-state index < -0.39 is 47.3 Å². The van der Waals surface area contributed by atoms with Gasteiger partial charge in [-0.05, 0) is 295 Å². The van der Waals surface area contributed by atoms with Crippen molar-refractivity contribution in [3.8, 4) is 0 Å². The van der Waals surface area contributed by atoms with Crippen LogP contribution in [0.4, 0.5) is 11.4 Å². The first kappa shape index (κ1) is 89.9. The maximum atomic E-state index is 13.6. The number of nitrogens with zero attached hydrogens (tertiary/aromatic N) is 4. The lowest BCUT2D eigenvalue weighted by Crippen LogP contribution is -2.51. The molecular weight excluding hydrogens is 1570 g/mol. The summed E-state index contributed by atoms with van der Waals surface area (Å²) in [6.45, 7) is 33.1. The van der Waals surface area contributed by atoms with Crippen molar-refractivity contribution in [2.45, 2.75) is 263 Å². The van der Waals surface area contributed by atoms with Gasteiger partial charge in [0.25, 0.3) is 23.6 Å². The molecule has 6 aromatic rings. The lowest BCUT2D eigenvalue weighted by molar-refractivity contribution is -0.140. The van der Waals surface area contributed by atoms with Crippen molar-refractivity contribution in [3.05, 3.63) is 200 Å². The van der Waals surface area contributed by atoms with Gasteiger partial charge >= 0.3 is 11.9 Å². The number of rotatable bonds is 16. The summed E-state index contributed by atoms with van der Waals surface area (Å²) in [6, 6.07) is 36.1. The van der Waals surface area contributed by atoms with Crippen molar-refractivity contribution in [2.75, 3.05) is 23.9 Å². The molecule has 0 radical (unpaired) electrons. The number of imide groups is 4. The van der Waals surface area contributed by atoms with Crippen LogP contribution in [0.3, 0.4) is 0 Å². The minimum atomic E-state index is -0.593. The molecule has 668 valence electrons. The fourth-order valence-corrected chi connectivity index (χ4v) is 27.7. The number of esters is 2. The number of piperidine rings is 1. The summed E-state index contributed by atoms with van der Waals surface area (Å²) in [7, 11) is 2.89. The minimum absolute atomic E-state index is 0.0288.